The van der Waals surface area contributed by atoms with E-state index >= 15 is 0 Å². The molecular weight excluding hydrogens is 232 g/mol. The summed E-state index contributed by atoms with van der Waals surface area (Å²) in [6, 6.07) is 0. The Bertz CT molecular complexity index is 422. The minimum Gasteiger partial charge on any atom is -0.469 e. The second-order valence-corrected chi connectivity index (χ2v) is 6.72. The molecule has 0 spiro atoms. The van der Waals surface area contributed by atoms with Crippen LogP contribution < -0.4 is 0 Å². The first-order valence-corrected chi connectivity index (χ1v) is 6.88. The normalized spacial score (nSPS) is 63.4. The third kappa shape index (κ3) is 0.733. The van der Waals surface area contributed by atoms with Gasteiger partial charge >= 0.3 is 11.9 Å². The van der Waals surface area contributed by atoms with Crippen LogP contribution in [0.1, 0.15) is 0 Å². The van der Waals surface area contributed by atoms with Crippen molar-refractivity contribution in [2.24, 2.45) is 59.2 Å². The van der Waals surface area contributed by atoms with Crippen LogP contribution in [0.25, 0.3) is 0 Å². The summed E-state index contributed by atoms with van der Waals surface area (Å²) >= 11 is 0. The lowest BCUT2D eigenvalue weighted by Gasteiger charge is -2.44. The van der Waals surface area contributed by atoms with Gasteiger partial charge in [-0.1, -0.05) is 0 Å². The third-order valence-corrected chi connectivity index (χ3v) is 6.77. The molecule has 0 aliphatic heterocycles. The molecule has 0 aromatic rings. The number of rotatable bonds is 2. The molecule has 6 aliphatic rings. The zero-order valence-corrected chi connectivity index (χ0v) is 10.4. The number of esters is 2. The topological polar surface area (TPSA) is 52.6 Å². The summed E-state index contributed by atoms with van der Waals surface area (Å²) in [4.78, 5) is 24.2. The molecule has 6 rings (SSSR count). The molecule has 0 heterocycles. The Hall–Kier alpha value is -1.06. The average Bonchev–Trinajstić information content (AvgIpc) is 3.24. The molecule has 96 valence electrons. The number of ether oxygens (including phenoxy) is 2. The number of fused-ring (bicyclic) bond motifs is 1. The van der Waals surface area contributed by atoms with E-state index in [0.29, 0.717) is 11.8 Å². The summed E-state index contributed by atoms with van der Waals surface area (Å²) < 4.78 is 9.93. The fraction of sp³-hybridized carbons (Fsp3) is 0.857. The van der Waals surface area contributed by atoms with Crippen molar-refractivity contribution in [3.05, 3.63) is 0 Å². The molecule has 0 N–H and O–H groups in total. The minimum absolute atomic E-state index is 0.185. The van der Waals surface area contributed by atoms with Crippen LogP contribution in [0.15, 0.2) is 0 Å². The first-order chi connectivity index (χ1) is 8.72. The highest BCUT2D eigenvalue weighted by molar-refractivity contribution is 5.84. The highest BCUT2D eigenvalue weighted by Gasteiger charge is 2.92. The van der Waals surface area contributed by atoms with Crippen molar-refractivity contribution >= 4 is 11.9 Å². The summed E-state index contributed by atoms with van der Waals surface area (Å²) in [5, 5.41) is 0. The van der Waals surface area contributed by atoms with E-state index in [0.717, 1.165) is 35.5 Å². The van der Waals surface area contributed by atoms with Crippen molar-refractivity contribution in [1.82, 2.24) is 0 Å². The Morgan fingerprint density at radius 1 is 0.611 bits per heavy atom. The molecule has 0 aromatic carbocycles. The monoisotopic (exact) mass is 248 g/mol. The van der Waals surface area contributed by atoms with E-state index in [1.54, 1.807) is 0 Å². The lowest BCUT2D eigenvalue weighted by Crippen LogP contribution is -2.51. The van der Waals surface area contributed by atoms with Gasteiger partial charge in [-0.25, -0.2) is 0 Å². The van der Waals surface area contributed by atoms with Crippen LogP contribution in [-0.2, 0) is 19.1 Å². The fourth-order valence-electron chi connectivity index (χ4n) is 6.68. The molecule has 6 aliphatic carbocycles. The standard InChI is InChI=1S/C14H16O4/c1-17-13(15)11-9-5-3-4-6(9)8(4)10(7(3)5)12(11)14(16)18-2/h3-12H,1-2H3/t3?,4?,5-,6-,7-,8+,9?,10?,11-,12-/m0/s1. The van der Waals surface area contributed by atoms with Gasteiger partial charge in [-0.2, -0.15) is 0 Å². The van der Waals surface area contributed by atoms with Crippen molar-refractivity contribution in [2.75, 3.05) is 14.2 Å². The Labute approximate surface area is 105 Å². The molecule has 0 saturated heterocycles. The smallest absolute Gasteiger partial charge is 0.309 e. The van der Waals surface area contributed by atoms with Gasteiger partial charge in [0, 0.05) is 0 Å². The molecule has 4 heteroatoms. The Balaban J connectivity index is 1.60. The van der Waals surface area contributed by atoms with Gasteiger partial charge in [0.05, 0.1) is 26.1 Å². The van der Waals surface area contributed by atoms with E-state index in [4.69, 9.17) is 9.47 Å². The number of carbonyl (C=O) groups excluding carboxylic acids is 2. The molecule has 18 heavy (non-hydrogen) atoms. The molecule has 0 amide bonds. The molecule has 10 atom stereocenters. The van der Waals surface area contributed by atoms with Crippen LogP contribution in [-0.4, -0.2) is 26.2 Å². The minimum atomic E-state index is -0.215. The van der Waals surface area contributed by atoms with Crippen LogP contribution in [0, 0.1) is 59.2 Å². The van der Waals surface area contributed by atoms with Crippen LogP contribution >= 0.6 is 0 Å². The molecule has 4 nitrogen and oxygen atoms in total. The van der Waals surface area contributed by atoms with E-state index in [2.05, 4.69) is 0 Å². The quantitative estimate of drug-likeness (QED) is 0.670. The van der Waals surface area contributed by atoms with E-state index < -0.39 is 0 Å². The van der Waals surface area contributed by atoms with Crippen LogP contribution in [0.3, 0.4) is 0 Å². The maximum absolute atomic E-state index is 12.1. The summed E-state index contributed by atoms with van der Waals surface area (Å²) in [6.07, 6.45) is 0. The highest BCUT2D eigenvalue weighted by atomic mass is 16.5. The van der Waals surface area contributed by atoms with Crippen molar-refractivity contribution in [2.45, 2.75) is 0 Å². The maximum atomic E-state index is 12.1. The Kier molecular flexibility index (Phi) is 1.42. The molecule has 0 aromatic heterocycles. The van der Waals surface area contributed by atoms with Gasteiger partial charge in [0.2, 0.25) is 0 Å². The molecule has 6 saturated carbocycles. The number of methoxy groups -OCH3 is 2. The molecule has 0 radical (unpaired) electrons. The van der Waals surface area contributed by atoms with Crippen LogP contribution in [0.2, 0.25) is 0 Å². The van der Waals surface area contributed by atoms with E-state index in [1.165, 1.54) is 14.2 Å². The van der Waals surface area contributed by atoms with Gasteiger partial charge in [0.1, 0.15) is 0 Å². The van der Waals surface area contributed by atoms with Gasteiger partial charge < -0.3 is 9.47 Å². The average molecular weight is 248 g/mol. The van der Waals surface area contributed by atoms with Gasteiger partial charge in [-0.3, -0.25) is 9.59 Å². The summed E-state index contributed by atoms with van der Waals surface area (Å²) in [7, 11) is 2.86. The van der Waals surface area contributed by atoms with Crippen molar-refractivity contribution in [3.8, 4) is 0 Å². The lowest BCUT2D eigenvalue weighted by atomic mass is 9.58. The lowest BCUT2D eigenvalue weighted by molar-refractivity contribution is -0.171. The summed E-state index contributed by atoms with van der Waals surface area (Å²) in [5.74, 6) is 4.69. The first kappa shape index (κ1) is 9.82. The highest BCUT2D eigenvalue weighted by Crippen LogP contribution is 2.93. The zero-order valence-electron chi connectivity index (χ0n) is 10.4. The Morgan fingerprint density at radius 3 is 1.17 bits per heavy atom. The molecule has 2 bridgehead atoms. The van der Waals surface area contributed by atoms with Crippen LogP contribution in [0.5, 0.6) is 0 Å². The van der Waals surface area contributed by atoms with Crippen LogP contribution in [0.4, 0.5) is 0 Å². The second kappa shape index (κ2) is 2.61. The molecular formula is C14H16O4. The number of carbonyl (C=O) groups is 2. The van der Waals surface area contributed by atoms with E-state index in [1.807, 2.05) is 0 Å². The van der Waals surface area contributed by atoms with Gasteiger partial charge in [-0.15, -0.1) is 0 Å². The summed E-state index contributed by atoms with van der Waals surface area (Å²) in [6.45, 7) is 0. The van der Waals surface area contributed by atoms with E-state index in [9.17, 15) is 9.59 Å². The van der Waals surface area contributed by atoms with Gasteiger partial charge in [0.15, 0.2) is 0 Å². The van der Waals surface area contributed by atoms with Crippen molar-refractivity contribution < 1.29 is 19.1 Å². The molecule has 6 fully saturated rings. The second-order valence-electron chi connectivity index (χ2n) is 6.72. The predicted octanol–water partition coefficient (Wildman–Crippen LogP) is 0.562. The zero-order chi connectivity index (χ0) is 12.3. The Morgan fingerprint density at radius 2 is 0.889 bits per heavy atom. The van der Waals surface area contributed by atoms with Gasteiger partial charge in [-0.05, 0) is 47.3 Å². The fourth-order valence-corrected chi connectivity index (χ4v) is 6.68. The first-order valence-electron chi connectivity index (χ1n) is 6.88. The summed E-state index contributed by atoms with van der Waals surface area (Å²) in [5.41, 5.74) is 0. The van der Waals surface area contributed by atoms with Crippen molar-refractivity contribution in [3.63, 3.8) is 0 Å². The number of hydrogen-bond acceptors (Lipinski definition) is 4. The molecule has 4 unspecified atom stereocenters. The largest absolute Gasteiger partial charge is 0.469 e. The van der Waals surface area contributed by atoms with E-state index in [-0.39, 0.29) is 23.8 Å². The number of hydrogen-bond donors (Lipinski definition) is 0. The van der Waals surface area contributed by atoms with Crippen molar-refractivity contribution in [1.29, 1.82) is 0 Å². The SMILES string of the molecule is COC(=O)[C@H]1C2[C@H]3C4C5[C@H]2[C@@H]5C([C@@H]43)[C@@H]1C(=O)OC. The third-order valence-electron chi connectivity index (χ3n) is 6.77. The predicted molar refractivity (Wildman–Crippen MR) is 58.9 cm³/mol. The van der Waals surface area contributed by atoms with Gasteiger partial charge in [0.25, 0.3) is 0 Å². The maximum Gasteiger partial charge on any atom is 0.309 e.